The molecule has 1 atom stereocenters. The van der Waals surface area contributed by atoms with Gasteiger partial charge in [0.2, 0.25) is 0 Å². The maximum atomic E-state index is 10.9. The molecule has 0 heterocycles. The van der Waals surface area contributed by atoms with Gasteiger partial charge in [0, 0.05) is 7.11 Å². The highest BCUT2D eigenvalue weighted by Crippen LogP contribution is 1.93. The largest absolute Gasteiger partial charge is 0.467 e. The third-order valence-corrected chi connectivity index (χ3v) is 1.56. The molecule has 0 aliphatic rings. The number of carbonyl (C=O) groups is 1. The first-order valence-electron chi connectivity index (χ1n) is 4.48. The van der Waals surface area contributed by atoms with Crippen molar-refractivity contribution < 1.29 is 23.7 Å². The first-order valence-corrected chi connectivity index (χ1v) is 4.48. The molecule has 0 N–H and O–H groups in total. The zero-order valence-corrected chi connectivity index (χ0v) is 8.95. The fourth-order valence-corrected chi connectivity index (χ4v) is 0.762. The van der Waals surface area contributed by atoms with E-state index < -0.39 is 6.10 Å². The van der Waals surface area contributed by atoms with Crippen molar-refractivity contribution in [2.24, 2.45) is 0 Å². The van der Waals surface area contributed by atoms with Crippen LogP contribution in [0.2, 0.25) is 0 Å². The number of carbonyl (C=O) groups excluding carboxylic acids is 1. The predicted molar refractivity (Wildman–Crippen MR) is 50.1 cm³/mol. The fraction of sp³-hybridized carbons (Fsp3) is 0.889. The number of hydrogen-bond donors (Lipinski definition) is 0. The molecule has 0 radical (unpaired) electrons. The summed E-state index contributed by atoms with van der Waals surface area (Å²) in [5, 5.41) is 0. The van der Waals surface area contributed by atoms with Crippen LogP contribution in [0.15, 0.2) is 0 Å². The second-order valence-corrected chi connectivity index (χ2v) is 2.64. The third kappa shape index (κ3) is 6.82. The molecule has 0 aliphatic heterocycles. The van der Waals surface area contributed by atoms with Gasteiger partial charge >= 0.3 is 5.97 Å². The molecule has 5 nitrogen and oxygen atoms in total. The summed E-state index contributed by atoms with van der Waals surface area (Å²) >= 11 is 0. The van der Waals surface area contributed by atoms with E-state index in [9.17, 15) is 4.79 Å². The van der Waals surface area contributed by atoms with Crippen molar-refractivity contribution in [3.8, 4) is 0 Å². The molecule has 14 heavy (non-hydrogen) atoms. The number of hydrogen-bond acceptors (Lipinski definition) is 5. The molecule has 0 spiro atoms. The molecular weight excluding hydrogens is 188 g/mol. The first kappa shape index (κ1) is 13.4. The highest BCUT2D eigenvalue weighted by Gasteiger charge is 2.12. The summed E-state index contributed by atoms with van der Waals surface area (Å²) in [6.45, 7) is 3.56. The van der Waals surface area contributed by atoms with Crippen LogP contribution in [0.1, 0.15) is 6.92 Å². The van der Waals surface area contributed by atoms with Gasteiger partial charge in [-0.15, -0.1) is 0 Å². The second kappa shape index (κ2) is 8.93. The van der Waals surface area contributed by atoms with Crippen molar-refractivity contribution in [2.45, 2.75) is 13.0 Å². The average Bonchev–Trinajstić information content (AvgIpc) is 2.21. The molecule has 5 heteroatoms. The molecule has 0 unspecified atom stereocenters. The zero-order valence-electron chi connectivity index (χ0n) is 8.95. The highest BCUT2D eigenvalue weighted by atomic mass is 16.6. The van der Waals surface area contributed by atoms with E-state index in [-0.39, 0.29) is 5.97 Å². The topological polar surface area (TPSA) is 54.0 Å². The molecule has 84 valence electrons. The molecule has 0 saturated heterocycles. The van der Waals surface area contributed by atoms with Crippen LogP contribution in [-0.2, 0) is 23.7 Å². The summed E-state index contributed by atoms with van der Waals surface area (Å²) in [6.07, 6.45) is -0.536. The van der Waals surface area contributed by atoms with Gasteiger partial charge < -0.3 is 18.9 Å². The summed E-state index contributed by atoms with van der Waals surface area (Å²) in [5.41, 5.74) is 0. The molecular formula is C9H18O5. The Labute approximate surface area is 84.3 Å². The normalized spacial score (nSPS) is 12.5. The monoisotopic (exact) mass is 206 g/mol. The summed E-state index contributed by atoms with van der Waals surface area (Å²) in [5.74, 6) is -0.373. The minimum atomic E-state index is -0.536. The Hall–Kier alpha value is -0.650. The van der Waals surface area contributed by atoms with Gasteiger partial charge in [-0.2, -0.15) is 0 Å². The highest BCUT2D eigenvalue weighted by molar-refractivity contribution is 5.73. The maximum absolute atomic E-state index is 10.9. The molecule has 0 aromatic carbocycles. The van der Waals surface area contributed by atoms with Crippen molar-refractivity contribution in [2.75, 3.05) is 40.6 Å². The van der Waals surface area contributed by atoms with Gasteiger partial charge in [-0.3, -0.25) is 0 Å². The van der Waals surface area contributed by atoms with Gasteiger partial charge in [0.1, 0.15) is 0 Å². The summed E-state index contributed by atoms with van der Waals surface area (Å²) in [7, 11) is 2.94. The lowest BCUT2D eigenvalue weighted by Gasteiger charge is -2.10. The molecule has 0 rings (SSSR count). The summed E-state index contributed by atoms with van der Waals surface area (Å²) in [6, 6.07) is 0. The number of esters is 1. The molecule has 0 aromatic rings. The number of ether oxygens (including phenoxy) is 4. The molecule has 0 bridgehead atoms. The van der Waals surface area contributed by atoms with E-state index in [1.807, 2.05) is 0 Å². The summed E-state index contributed by atoms with van der Waals surface area (Å²) < 4.78 is 19.5. The van der Waals surface area contributed by atoms with Crippen LogP contribution in [0.4, 0.5) is 0 Å². The van der Waals surface area contributed by atoms with Gasteiger partial charge in [-0.05, 0) is 6.92 Å². The second-order valence-electron chi connectivity index (χ2n) is 2.64. The average molecular weight is 206 g/mol. The van der Waals surface area contributed by atoms with Gasteiger partial charge in [-0.25, -0.2) is 4.79 Å². The van der Waals surface area contributed by atoms with E-state index >= 15 is 0 Å². The predicted octanol–water partition coefficient (Wildman–Crippen LogP) is 0.227. The van der Waals surface area contributed by atoms with E-state index in [0.29, 0.717) is 26.4 Å². The molecule has 0 aliphatic carbocycles. The lowest BCUT2D eigenvalue weighted by Crippen LogP contribution is -2.24. The SMILES string of the molecule is COCCOCCO[C@H](C)C(=O)OC. The smallest absolute Gasteiger partial charge is 0.334 e. The standard InChI is InChI=1S/C9H18O5/c1-8(9(10)12-3)14-7-6-13-5-4-11-2/h8H,4-7H2,1-3H3/t8-/m1/s1. The number of methoxy groups -OCH3 is 2. The van der Waals surface area contributed by atoms with Gasteiger partial charge in [-0.1, -0.05) is 0 Å². The van der Waals surface area contributed by atoms with Crippen molar-refractivity contribution >= 4 is 5.97 Å². The van der Waals surface area contributed by atoms with E-state index in [4.69, 9.17) is 14.2 Å². The Morgan fingerprint density at radius 2 is 1.79 bits per heavy atom. The maximum Gasteiger partial charge on any atom is 0.334 e. The van der Waals surface area contributed by atoms with Crippen LogP contribution in [0, 0.1) is 0 Å². The Bertz CT molecular complexity index is 148. The van der Waals surface area contributed by atoms with Gasteiger partial charge in [0.15, 0.2) is 6.10 Å². The van der Waals surface area contributed by atoms with Crippen LogP contribution in [0.5, 0.6) is 0 Å². The van der Waals surface area contributed by atoms with E-state index in [1.54, 1.807) is 14.0 Å². The van der Waals surface area contributed by atoms with E-state index in [2.05, 4.69) is 4.74 Å². The Kier molecular flexibility index (Phi) is 8.51. The fourth-order valence-electron chi connectivity index (χ4n) is 0.762. The van der Waals surface area contributed by atoms with Crippen LogP contribution < -0.4 is 0 Å². The Balaban J connectivity index is 3.23. The Morgan fingerprint density at radius 1 is 1.14 bits per heavy atom. The van der Waals surface area contributed by atoms with Crippen LogP contribution in [-0.4, -0.2) is 52.7 Å². The van der Waals surface area contributed by atoms with E-state index in [0.717, 1.165) is 0 Å². The Morgan fingerprint density at radius 3 is 2.36 bits per heavy atom. The van der Waals surface area contributed by atoms with Crippen molar-refractivity contribution in [3.05, 3.63) is 0 Å². The van der Waals surface area contributed by atoms with Crippen molar-refractivity contribution in [3.63, 3.8) is 0 Å². The van der Waals surface area contributed by atoms with Crippen LogP contribution >= 0.6 is 0 Å². The molecule has 0 fully saturated rings. The first-order chi connectivity index (χ1) is 6.72. The van der Waals surface area contributed by atoms with Gasteiger partial charge in [0.25, 0.3) is 0 Å². The molecule has 0 aromatic heterocycles. The molecule has 0 amide bonds. The van der Waals surface area contributed by atoms with Crippen LogP contribution in [0.3, 0.4) is 0 Å². The van der Waals surface area contributed by atoms with E-state index in [1.165, 1.54) is 7.11 Å². The lowest BCUT2D eigenvalue weighted by molar-refractivity contribution is -0.153. The number of rotatable bonds is 8. The molecule has 0 saturated carbocycles. The third-order valence-electron chi connectivity index (χ3n) is 1.56. The van der Waals surface area contributed by atoms with Gasteiger partial charge in [0.05, 0.1) is 33.5 Å². The lowest BCUT2D eigenvalue weighted by atomic mass is 10.4. The quantitative estimate of drug-likeness (QED) is 0.420. The van der Waals surface area contributed by atoms with Crippen LogP contribution in [0.25, 0.3) is 0 Å². The minimum Gasteiger partial charge on any atom is -0.467 e. The minimum absolute atomic E-state index is 0.373. The summed E-state index contributed by atoms with van der Waals surface area (Å²) in [4.78, 5) is 10.9. The van der Waals surface area contributed by atoms with Crippen molar-refractivity contribution in [1.82, 2.24) is 0 Å². The van der Waals surface area contributed by atoms with Crippen molar-refractivity contribution in [1.29, 1.82) is 0 Å². The zero-order chi connectivity index (χ0) is 10.8.